The number of methoxy groups -OCH3 is 1. The van der Waals surface area contributed by atoms with Crippen LogP contribution in [0, 0.1) is 5.92 Å². The van der Waals surface area contributed by atoms with E-state index in [2.05, 4.69) is 65.1 Å². The zero-order chi connectivity index (χ0) is 15.4. The van der Waals surface area contributed by atoms with Crippen molar-refractivity contribution < 1.29 is 4.74 Å². The summed E-state index contributed by atoms with van der Waals surface area (Å²) in [5.41, 5.74) is 1.25. The smallest absolute Gasteiger partial charge is 0.135 e. The zero-order valence-corrected chi connectivity index (χ0v) is 15.1. The van der Waals surface area contributed by atoms with Gasteiger partial charge in [-0.2, -0.15) is 0 Å². The third-order valence-corrected chi connectivity index (χ3v) is 5.35. The average molecular weight is 355 g/mol. The first-order chi connectivity index (χ1) is 10.1. The van der Waals surface area contributed by atoms with Crippen LogP contribution in [0.3, 0.4) is 0 Å². The average Bonchev–Trinajstić information content (AvgIpc) is 2.49. The van der Waals surface area contributed by atoms with Crippen molar-refractivity contribution in [1.82, 2.24) is 5.32 Å². The number of piperidine rings is 1. The van der Waals surface area contributed by atoms with Crippen LogP contribution in [0.2, 0.25) is 0 Å². The molecule has 3 atom stereocenters. The maximum Gasteiger partial charge on any atom is 0.135 e. The lowest BCUT2D eigenvalue weighted by atomic mass is 9.86. The third kappa shape index (κ3) is 3.72. The van der Waals surface area contributed by atoms with E-state index < -0.39 is 0 Å². The van der Waals surface area contributed by atoms with Gasteiger partial charge in [0, 0.05) is 30.4 Å². The van der Waals surface area contributed by atoms with Gasteiger partial charge < -0.3 is 15.0 Å². The number of hydrogen-bond acceptors (Lipinski definition) is 3. The molecular weight excluding hydrogens is 328 g/mol. The Bertz CT molecular complexity index is 466. The van der Waals surface area contributed by atoms with Gasteiger partial charge in [-0.1, -0.05) is 13.8 Å². The highest BCUT2D eigenvalue weighted by atomic mass is 79.9. The summed E-state index contributed by atoms with van der Waals surface area (Å²) in [7, 11) is 1.72. The number of ether oxygens (including phenoxy) is 1. The molecule has 0 aromatic heterocycles. The summed E-state index contributed by atoms with van der Waals surface area (Å²) in [4.78, 5) is 2.50. The van der Waals surface area contributed by atoms with Crippen molar-refractivity contribution >= 4 is 21.6 Å². The van der Waals surface area contributed by atoms with Crippen LogP contribution in [0.5, 0.6) is 5.75 Å². The van der Waals surface area contributed by atoms with E-state index in [-0.39, 0.29) is 0 Å². The number of hydrogen-bond donors (Lipinski definition) is 1. The van der Waals surface area contributed by atoms with Crippen molar-refractivity contribution in [2.75, 3.05) is 25.1 Å². The van der Waals surface area contributed by atoms with Crippen LogP contribution in [0.1, 0.15) is 33.6 Å². The summed E-state index contributed by atoms with van der Waals surface area (Å²) in [6.45, 7) is 9.13. The van der Waals surface area contributed by atoms with Crippen molar-refractivity contribution in [3.05, 3.63) is 22.7 Å². The molecule has 1 aliphatic heterocycles. The summed E-state index contributed by atoms with van der Waals surface area (Å²) >= 11 is 3.53. The minimum Gasteiger partial charge on any atom is -0.495 e. The molecule has 1 aromatic rings. The standard InChI is InChI=1S/C17H27BrN2O/c1-5-9-19-16-8-10-20(13(3)12(16)2)14-6-7-15(18)17(11-14)21-4/h6-7,11-13,16,19H,5,8-10H2,1-4H3. The highest BCUT2D eigenvalue weighted by Crippen LogP contribution is 2.34. The van der Waals surface area contributed by atoms with Crippen molar-refractivity contribution in [2.45, 2.75) is 45.7 Å². The van der Waals surface area contributed by atoms with E-state index in [1.807, 2.05) is 0 Å². The first kappa shape index (κ1) is 16.6. The molecule has 0 amide bonds. The molecule has 1 aromatic carbocycles. The molecule has 0 aliphatic carbocycles. The quantitative estimate of drug-likeness (QED) is 0.862. The van der Waals surface area contributed by atoms with Crippen LogP contribution in [-0.2, 0) is 0 Å². The molecule has 0 bridgehead atoms. The number of halogens is 1. The monoisotopic (exact) mass is 354 g/mol. The molecule has 0 saturated carbocycles. The molecule has 3 unspecified atom stereocenters. The number of nitrogens with zero attached hydrogens (tertiary/aromatic N) is 1. The number of nitrogens with one attached hydrogen (secondary N) is 1. The second kappa shape index (κ2) is 7.50. The summed E-state index contributed by atoms with van der Waals surface area (Å²) < 4.78 is 6.44. The number of rotatable bonds is 5. The maximum atomic E-state index is 5.43. The maximum absolute atomic E-state index is 5.43. The molecule has 118 valence electrons. The summed E-state index contributed by atoms with van der Waals surface area (Å²) in [6.07, 6.45) is 2.40. The van der Waals surface area contributed by atoms with Gasteiger partial charge in [0.15, 0.2) is 0 Å². The molecule has 1 saturated heterocycles. The highest BCUT2D eigenvalue weighted by molar-refractivity contribution is 9.10. The van der Waals surface area contributed by atoms with E-state index in [4.69, 9.17) is 4.74 Å². The van der Waals surface area contributed by atoms with Crippen LogP contribution in [0.25, 0.3) is 0 Å². The van der Waals surface area contributed by atoms with Crippen LogP contribution >= 0.6 is 15.9 Å². The van der Waals surface area contributed by atoms with Crippen LogP contribution < -0.4 is 15.0 Å². The molecule has 0 spiro atoms. The summed E-state index contributed by atoms with van der Waals surface area (Å²) in [5.74, 6) is 1.54. The van der Waals surface area contributed by atoms with Crippen molar-refractivity contribution in [1.29, 1.82) is 0 Å². The first-order valence-corrected chi connectivity index (χ1v) is 8.71. The second-order valence-corrected chi connectivity index (χ2v) is 6.82. The Balaban J connectivity index is 2.12. The SMILES string of the molecule is CCCNC1CCN(c2ccc(Br)c(OC)c2)C(C)C1C. The Morgan fingerprint density at radius 1 is 1.38 bits per heavy atom. The molecule has 1 fully saturated rings. The van der Waals surface area contributed by atoms with E-state index in [0.717, 1.165) is 23.3 Å². The molecule has 1 aliphatic rings. The fourth-order valence-electron chi connectivity index (χ4n) is 3.17. The molecule has 1 N–H and O–H groups in total. The van der Waals surface area contributed by atoms with E-state index in [0.29, 0.717) is 18.0 Å². The van der Waals surface area contributed by atoms with Crippen molar-refractivity contribution in [3.8, 4) is 5.75 Å². The van der Waals surface area contributed by atoms with Gasteiger partial charge in [-0.25, -0.2) is 0 Å². The molecule has 1 heterocycles. The van der Waals surface area contributed by atoms with Crippen molar-refractivity contribution in [2.24, 2.45) is 5.92 Å². The lowest BCUT2D eigenvalue weighted by molar-refractivity contribution is 0.271. The minimum atomic E-state index is 0.527. The Morgan fingerprint density at radius 3 is 2.81 bits per heavy atom. The largest absolute Gasteiger partial charge is 0.495 e. The van der Waals surface area contributed by atoms with Gasteiger partial charge in [0.25, 0.3) is 0 Å². The number of anilines is 1. The Labute approximate surface area is 137 Å². The highest BCUT2D eigenvalue weighted by Gasteiger charge is 2.32. The minimum absolute atomic E-state index is 0.527. The normalized spacial score (nSPS) is 26.0. The van der Waals surface area contributed by atoms with E-state index in [1.54, 1.807) is 7.11 Å². The van der Waals surface area contributed by atoms with Gasteiger partial charge >= 0.3 is 0 Å². The van der Waals surface area contributed by atoms with Gasteiger partial charge in [-0.05, 0) is 60.3 Å². The Hall–Kier alpha value is -0.740. The third-order valence-electron chi connectivity index (χ3n) is 4.69. The van der Waals surface area contributed by atoms with Gasteiger partial charge in [0.05, 0.1) is 11.6 Å². The van der Waals surface area contributed by atoms with E-state index in [9.17, 15) is 0 Å². The lowest BCUT2D eigenvalue weighted by Crippen LogP contribution is -2.53. The lowest BCUT2D eigenvalue weighted by Gasteiger charge is -2.44. The zero-order valence-electron chi connectivity index (χ0n) is 13.5. The predicted octanol–water partition coefficient (Wildman–Crippen LogP) is 4.06. The van der Waals surface area contributed by atoms with Crippen LogP contribution in [0.4, 0.5) is 5.69 Å². The second-order valence-electron chi connectivity index (χ2n) is 5.96. The topological polar surface area (TPSA) is 24.5 Å². The van der Waals surface area contributed by atoms with E-state index >= 15 is 0 Å². The molecule has 21 heavy (non-hydrogen) atoms. The number of benzene rings is 1. The summed E-state index contributed by atoms with van der Waals surface area (Å²) in [6, 6.07) is 7.54. The van der Waals surface area contributed by atoms with Gasteiger partial charge in [0.1, 0.15) is 5.75 Å². The molecule has 4 heteroatoms. The first-order valence-electron chi connectivity index (χ1n) is 7.92. The van der Waals surface area contributed by atoms with E-state index in [1.165, 1.54) is 18.5 Å². The van der Waals surface area contributed by atoms with Crippen LogP contribution in [0.15, 0.2) is 22.7 Å². The molecule has 2 rings (SSSR count). The van der Waals surface area contributed by atoms with Gasteiger partial charge in [-0.3, -0.25) is 0 Å². The Kier molecular flexibility index (Phi) is 5.94. The fourth-order valence-corrected chi connectivity index (χ4v) is 3.58. The molecular formula is C17H27BrN2O. The Morgan fingerprint density at radius 2 is 2.14 bits per heavy atom. The molecule has 0 radical (unpaired) electrons. The predicted molar refractivity (Wildman–Crippen MR) is 93.4 cm³/mol. The van der Waals surface area contributed by atoms with Crippen molar-refractivity contribution in [3.63, 3.8) is 0 Å². The van der Waals surface area contributed by atoms with Gasteiger partial charge in [-0.15, -0.1) is 0 Å². The fraction of sp³-hybridized carbons (Fsp3) is 0.647. The van der Waals surface area contributed by atoms with Gasteiger partial charge in [0.2, 0.25) is 0 Å². The molecule has 3 nitrogen and oxygen atoms in total. The van der Waals surface area contributed by atoms with Crippen LogP contribution in [-0.4, -0.2) is 32.3 Å². The summed E-state index contributed by atoms with van der Waals surface area (Å²) in [5, 5.41) is 3.70.